The first-order chi connectivity index (χ1) is 18.3. The Morgan fingerprint density at radius 1 is 1.03 bits per heavy atom. The molecule has 0 aliphatic heterocycles. The topological polar surface area (TPSA) is 55.6 Å². The molecule has 0 fully saturated rings. The molecule has 2 aromatic carbocycles. The number of nitrogens with one attached hydrogen (secondary N) is 1. The van der Waals surface area contributed by atoms with Gasteiger partial charge < -0.3 is 9.30 Å². The zero-order chi connectivity index (χ0) is 26.8. The van der Waals surface area contributed by atoms with Crippen molar-refractivity contribution in [3.63, 3.8) is 0 Å². The van der Waals surface area contributed by atoms with Crippen molar-refractivity contribution in [2.45, 2.75) is 60.0 Å². The summed E-state index contributed by atoms with van der Waals surface area (Å²) in [7, 11) is 0. The highest BCUT2D eigenvalue weighted by Gasteiger charge is 2.27. The summed E-state index contributed by atoms with van der Waals surface area (Å²) in [6, 6.07) is 15.9. The fourth-order valence-corrected chi connectivity index (χ4v) is 6.81. The van der Waals surface area contributed by atoms with Crippen LogP contribution in [-0.4, -0.2) is 16.7 Å². The lowest BCUT2D eigenvalue weighted by atomic mass is 9.95. The van der Waals surface area contributed by atoms with Crippen LogP contribution in [0.15, 0.2) is 53.6 Å². The third-order valence-electron chi connectivity index (χ3n) is 7.01. The molecule has 1 N–H and O–H groups in total. The molecule has 2 heterocycles. The van der Waals surface area contributed by atoms with E-state index in [1.807, 2.05) is 50.2 Å². The molecule has 0 radical (unpaired) electrons. The van der Waals surface area contributed by atoms with Crippen LogP contribution in [0.5, 0.6) is 5.75 Å². The van der Waals surface area contributed by atoms with E-state index in [1.165, 1.54) is 16.9 Å². The molecule has 5 nitrogen and oxygen atoms in total. The number of nitrogens with zero attached hydrogens (tertiary/aromatic N) is 2. The van der Waals surface area contributed by atoms with Crippen LogP contribution in [0.1, 0.15) is 67.3 Å². The van der Waals surface area contributed by atoms with Gasteiger partial charge in [0, 0.05) is 21.3 Å². The van der Waals surface area contributed by atoms with Crippen LogP contribution in [0.4, 0.5) is 0 Å². The van der Waals surface area contributed by atoms with E-state index in [1.54, 1.807) is 17.6 Å². The van der Waals surface area contributed by atoms with E-state index in [9.17, 15) is 4.79 Å². The molecule has 0 bridgehead atoms. The molecular formula is C31H32ClN3O2S. The van der Waals surface area contributed by atoms with Crippen LogP contribution in [0.2, 0.25) is 5.02 Å². The number of fused-ring (bicyclic) bond motifs is 1. The minimum atomic E-state index is -0.153. The highest BCUT2D eigenvalue weighted by atomic mass is 35.5. The first-order valence-electron chi connectivity index (χ1n) is 12.9. The van der Waals surface area contributed by atoms with E-state index in [0.717, 1.165) is 69.2 Å². The van der Waals surface area contributed by atoms with Crippen molar-refractivity contribution in [1.29, 1.82) is 0 Å². The van der Waals surface area contributed by atoms with Crippen LogP contribution in [0, 0.1) is 27.7 Å². The number of ether oxygens (including phenoxy) is 1. The number of hydrogen-bond donors (Lipinski definition) is 1. The number of thiophene rings is 1. The Kier molecular flexibility index (Phi) is 7.73. The van der Waals surface area contributed by atoms with Gasteiger partial charge in [-0.3, -0.25) is 4.79 Å². The number of amides is 1. The first-order valence-corrected chi connectivity index (χ1v) is 14.1. The normalized spacial score (nSPS) is 13.1. The summed E-state index contributed by atoms with van der Waals surface area (Å²) in [6.45, 7) is 8.67. The average Bonchev–Trinajstić information content (AvgIpc) is 3.43. The highest BCUT2D eigenvalue weighted by Crippen LogP contribution is 2.38. The van der Waals surface area contributed by atoms with Gasteiger partial charge in [-0.05, 0) is 118 Å². The van der Waals surface area contributed by atoms with Gasteiger partial charge in [-0.15, -0.1) is 11.3 Å². The molecule has 38 heavy (non-hydrogen) atoms. The molecule has 196 valence electrons. The quantitative estimate of drug-likeness (QED) is 0.191. The fraction of sp³-hybridized carbons (Fsp3) is 0.290. The lowest BCUT2D eigenvalue weighted by Gasteiger charge is -2.14. The minimum Gasteiger partial charge on any atom is -0.488 e. The molecule has 0 unspecified atom stereocenters. The molecule has 4 aromatic rings. The standard InChI is InChI=1S/C31H32ClN3O2S/c1-19-15-24(16-20(2)29(19)37-18-23-11-13-25(32)14-12-23)17-33-34-30(36)28-26-7-5-6-8-27(26)38-31(28)35-21(3)9-10-22(35)4/h9-17H,5-8,18H2,1-4H3,(H,34,36)/b33-17-. The third kappa shape index (κ3) is 5.42. The lowest BCUT2D eigenvalue weighted by molar-refractivity contribution is 0.0954. The third-order valence-corrected chi connectivity index (χ3v) is 8.54. The second-order valence-corrected chi connectivity index (χ2v) is 11.5. The lowest BCUT2D eigenvalue weighted by Crippen LogP contribution is -2.21. The second kappa shape index (κ2) is 11.2. The number of carbonyl (C=O) groups excluding carboxylic acids is 1. The molecule has 0 saturated heterocycles. The number of hydrazone groups is 1. The van der Waals surface area contributed by atoms with Crippen LogP contribution in [0.25, 0.3) is 5.00 Å². The Hall–Kier alpha value is -3.35. The molecule has 5 rings (SSSR count). The van der Waals surface area contributed by atoms with E-state index in [0.29, 0.717) is 11.6 Å². The van der Waals surface area contributed by atoms with E-state index in [-0.39, 0.29) is 5.91 Å². The number of aryl methyl sites for hydroxylation is 5. The summed E-state index contributed by atoms with van der Waals surface area (Å²) < 4.78 is 8.29. The van der Waals surface area contributed by atoms with Crippen LogP contribution >= 0.6 is 22.9 Å². The van der Waals surface area contributed by atoms with Gasteiger partial charge in [0.05, 0.1) is 11.8 Å². The van der Waals surface area contributed by atoms with Gasteiger partial charge in [-0.25, -0.2) is 5.43 Å². The van der Waals surface area contributed by atoms with Crippen molar-refractivity contribution in [2.24, 2.45) is 5.10 Å². The van der Waals surface area contributed by atoms with Crippen molar-refractivity contribution in [1.82, 2.24) is 9.99 Å². The molecule has 0 spiro atoms. The van der Waals surface area contributed by atoms with Crippen LogP contribution in [-0.2, 0) is 19.4 Å². The number of halogens is 1. The molecule has 1 aliphatic carbocycles. The maximum Gasteiger partial charge on any atom is 0.274 e. The Bertz CT molecular complexity index is 1470. The summed E-state index contributed by atoms with van der Waals surface area (Å²) in [5.41, 5.74) is 11.0. The predicted molar refractivity (Wildman–Crippen MR) is 157 cm³/mol. The average molecular weight is 546 g/mol. The van der Waals surface area contributed by atoms with Gasteiger partial charge in [0.15, 0.2) is 0 Å². The maximum absolute atomic E-state index is 13.5. The fourth-order valence-electron chi connectivity index (χ4n) is 5.18. The number of benzene rings is 2. The second-order valence-electron chi connectivity index (χ2n) is 9.94. The minimum absolute atomic E-state index is 0.153. The van der Waals surface area contributed by atoms with Crippen molar-refractivity contribution >= 4 is 35.1 Å². The number of hydrogen-bond acceptors (Lipinski definition) is 4. The molecule has 2 aromatic heterocycles. The molecule has 0 atom stereocenters. The number of carbonyl (C=O) groups is 1. The molecule has 1 amide bonds. The Labute approximate surface area is 233 Å². The molecule has 1 aliphatic rings. The van der Waals surface area contributed by atoms with Gasteiger partial charge in [0.1, 0.15) is 17.4 Å². The van der Waals surface area contributed by atoms with E-state index in [2.05, 4.69) is 41.1 Å². The summed E-state index contributed by atoms with van der Waals surface area (Å²) in [5, 5.41) is 6.05. The summed E-state index contributed by atoms with van der Waals surface area (Å²) in [5.74, 6) is 0.702. The van der Waals surface area contributed by atoms with Gasteiger partial charge >= 0.3 is 0 Å². The van der Waals surface area contributed by atoms with E-state index < -0.39 is 0 Å². The maximum atomic E-state index is 13.5. The number of rotatable bonds is 7. The predicted octanol–water partition coefficient (Wildman–Crippen LogP) is 7.65. The smallest absolute Gasteiger partial charge is 0.274 e. The van der Waals surface area contributed by atoms with Crippen LogP contribution < -0.4 is 10.2 Å². The largest absolute Gasteiger partial charge is 0.488 e. The zero-order valence-electron chi connectivity index (χ0n) is 22.2. The zero-order valence-corrected chi connectivity index (χ0v) is 23.8. The van der Waals surface area contributed by atoms with E-state index >= 15 is 0 Å². The van der Waals surface area contributed by atoms with Gasteiger partial charge in [0.2, 0.25) is 0 Å². The van der Waals surface area contributed by atoms with Crippen molar-refractivity contribution in [3.05, 3.63) is 103 Å². The molecular weight excluding hydrogens is 514 g/mol. The summed E-state index contributed by atoms with van der Waals surface area (Å²) in [6.07, 6.45) is 5.96. The van der Waals surface area contributed by atoms with Crippen molar-refractivity contribution in [3.8, 4) is 10.8 Å². The van der Waals surface area contributed by atoms with Crippen molar-refractivity contribution < 1.29 is 9.53 Å². The van der Waals surface area contributed by atoms with Crippen molar-refractivity contribution in [2.75, 3.05) is 0 Å². The van der Waals surface area contributed by atoms with E-state index in [4.69, 9.17) is 16.3 Å². The Morgan fingerprint density at radius 3 is 2.37 bits per heavy atom. The SMILES string of the molecule is Cc1cc(/C=N\NC(=O)c2c(-n3c(C)ccc3C)sc3c2CCCC3)cc(C)c1OCc1ccc(Cl)cc1. The Balaban J connectivity index is 1.33. The van der Waals surface area contributed by atoms with Gasteiger partial charge in [0.25, 0.3) is 5.91 Å². The molecule has 0 saturated carbocycles. The summed E-state index contributed by atoms with van der Waals surface area (Å²) in [4.78, 5) is 14.8. The molecule has 7 heteroatoms. The monoisotopic (exact) mass is 545 g/mol. The highest BCUT2D eigenvalue weighted by molar-refractivity contribution is 7.15. The van der Waals surface area contributed by atoms with Gasteiger partial charge in [-0.2, -0.15) is 5.10 Å². The summed E-state index contributed by atoms with van der Waals surface area (Å²) >= 11 is 7.73. The van der Waals surface area contributed by atoms with Gasteiger partial charge in [-0.1, -0.05) is 23.7 Å². The van der Waals surface area contributed by atoms with Crippen LogP contribution in [0.3, 0.4) is 0 Å². The number of aromatic nitrogens is 1. The Morgan fingerprint density at radius 2 is 1.68 bits per heavy atom. The first kappa shape index (κ1) is 26.3.